The molecule has 0 unspecified atom stereocenters. The summed E-state index contributed by atoms with van der Waals surface area (Å²) in [6, 6.07) is 8.13. The standard InChI is InChI=1S/C21H27N5O5S2/c1-4-26(5-2)13-18-14(3)12-17(32-18)20-24-19(25-31-20)15-6-8-16(9-7-15)33(29,30)23-11-10-22-21(27)28/h6-9,12,22-23H,4-5,10-11,13H2,1-3H3,(H,27,28). The van der Waals surface area contributed by atoms with Gasteiger partial charge >= 0.3 is 6.09 Å². The van der Waals surface area contributed by atoms with Gasteiger partial charge in [-0.3, -0.25) is 4.90 Å². The predicted octanol–water partition coefficient (Wildman–Crippen LogP) is 3.16. The van der Waals surface area contributed by atoms with Crippen molar-refractivity contribution in [2.24, 2.45) is 0 Å². The van der Waals surface area contributed by atoms with Crippen LogP contribution in [0.5, 0.6) is 0 Å². The van der Waals surface area contributed by atoms with Crippen LogP contribution < -0.4 is 10.0 Å². The summed E-state index contributed by atoms with van der Waals surface area (Å²) in [5, 5.41) is 14.7. The molecule has 0 aliphatic carbocycles. The van der Waals surface area contributed by atoms with Crippen LogP contribution in [0.4, 0.5) is 4.79 Å². The van der Waals surface area contributed by atoms with E-state index < -0.39 is 16.1 Å². The first-order valence-electron chi connectivity index (χ1n) is 10.5. The summed E-state index contributed by atoms with van der Waals surface area (Å²) in [6.07, 6.45) is -1.21. The molecule has 0 atom stereocenters. The van der Waals surface area contributed by atoms with Crippen LogP contribution in [0.1, 0.15) is 24.3 Å². The lowest BCUT2D eigenvalue weighted by atomic mass is 10.2. The van der Waals surface area contributed by atoms with Crippen molar-refractivity contribution in [3.05, 3.63) is 40.8 Å². The highest BCUT2D eigenvalue weighted by molar-refractivity contribution is 7.89. The Hall–Kier alpha value is -2.80. The van der Waals surface area contributed by atoms with Crippen LogP contribution in [0.2, 0.25) is 0 Å². The van der Waals surface area contributed by atoms with Gasteiger partial charge in [0.05, 0.1) is 9.77 Å². The number of sulfonamides is 1. The largest absolute Gasteiger partial charge is 0.465 e. The van der Waals surface area contributed by atoms with Gasteiger partial charge in [0.25, 0.3) is 5.89 Å². The number of nitrogens with zero attached hydrogens (tertiary/aromatic N) is 3. The van der Waals surface area contributed by atoms with Gasteiger partial charge in [-0.2, -0.15) is 4.98 Å². The quantitative estimate of drug-likeness (QED) is 0.346. The number of amides is 1. The molecular formula is C21H27N5O5S2. The lowest BCUT2D eigenvalue weighted by molar-refractivity contribution is 0.194. The van der Waals surface area contributed by atoms with Gasteiger partial charge in [0.2, 0.25) is 15.8 Å². The van der Waals surface area contributed by atoms with Crippen molar-refractivity contribution in [1.82, 2.24) is 25.1 Å². The van der Waals surface area contributed by atoms with Crippen molar-refractivity contribution in [1.29, 1.82) is 0 Å². The second-order valence-corrected chi connectivity index (χ2v) is 10.2. The van der Waals surface area contributed by atoms with Crippen LogP contribution in [0, 0.1) is 6.92 Å². The topological polar surface area (TPSA) is 138 Å². The second-order valence-electron chi connectivity index (χ2n) is 7.26. The van der Waals surface area contributed by atoms with E-state index in [9.17, 15) is 13.2 Å². The first-order valence-corrected chi connectivity index (χ1v) is 12.8. The fourth-order valence-electron chi connectivity index (χ4n) is 3.09. The zero-order valence-electron chi connectivity index (χ0n) is 18.7. The van der Waals surface area contributed by atoms with Crippen molar-refractivity contribution in [3.63, 3.8) is 0 Å². The summed E-state index contributed by atoms with van der Waals surface area (Å²) in [4.78, 5) is 19.5. The Labute approximate surface area is 196 Å². The Balaban J connectivity index is 1.70. The number of hydrogen-bond acceptors (Lipinski definition) is 8. The molecule has 0 radical (unpaired) electrons. The van der Waals surface area contributed by atoms with Crippen molar-refractivity contribution in [2.45, 2.75) is 32.2 Å². The molecule has 0 saturated carbocycles. The number of carbonyl (C=O) groups is 1. The minimum absolute atomic E-state index is 0.0306. The van der Waals surface area contributed by atoms with E-state index in [1.54, 1.807) is 23.5 Å². The first kappa shape index (κ1) is 24.8. The number of aromatic nitrogens is 2. The van der Waals surface area contributed by atoms with E-state index >= 15 is 0 Å². The molecule has 3 N–H and O–H groups in total. The molecule has 12 heteroatoms. The van der Waals surface area contributed by atoms with Crippen molar-refractivity contribution in [2.75, 3.05) is 26.2 Å². The molecule has 2 heterocycles. The number of benzene rings is 1. The van der Waals surface area contributed by atoms with E-state index in [4.69, 9.17) is 9.63 Å². The van der Waals surface area contributed by atoms with Crippen LogP contribution in [0.3, 0.4) is 0 Å². The summed E-state index contributed by atoms with van der Waals surface area (Å²) < 4.78 is 32.5. The van der Waals surface area contributed by atoms with E-state index in [1.165, 1.54) is 22.6 Å². The van der Waals surface area contributed by atoms with E-state index in [-0.39, 0.29) is 18.0 Å². The molecule has 3 aromatic rings. The monoisotopic (exact) mass is 493 g/mol. The molecule has 0 bridgehead atoms. The number of nitrogens with one attached hydrogen (secondary N) is 2. The minimum atomic E-state index is -3.76. The Morgan fingerprint density at radius 3 is 2.52 bits per heavy atom. The van der Waals surface area contributed by atoms with Crippen LogP contribution in [-0.2, 0) is 16.6 Å². The highest BCUT2D eigenvalue weighted by atomic mass is 32.2. The second kappa shape index (κ2) is 10.9. The molecule has 10 nitrogen and oxygen atoms in total. The van der Waals surface area contributed by atoms with Gasteiger partial charge in [0.15, 0.2) is 0 Å². The molecule has 2 aromatic heterocycles. The fraction of sp³-hybridized carbons (Fsp3) is 0.381. The smallest absolute Gasteiger partial charge is 0.404 e. The van der Waals surface area contributed by atoms with Gasteiger partial charge in [-0.1, -0.05) is 19.0 Å². The summed E-state index contributed by atoms with van der Waals surface area (Å²) in [5.41, 5.74) is 1.80. The summed E-state index contributed by atoms with van der Waals surface area (Å²) in [7, 11) is -3.76. The Morgan fingerprint density at radius 1 is 1.18 bits per heavy atom. The van der Waals surface area contributed by atoms with Gasteiger partial charge in [-0.25, -0.2) is 17.9 Å². The summed E-state index contributed by atoms with van der Waals surface area (Å²) in [5.74, 6) is 0.789. The molecule has 1 aromatic carbocycles. The average Bonchev–Trinajstić information content (AvgIpc) is 3.42. The Kier molecular flexibility index (Phi) is 8.19. The molecule has 0 fully saturated rings. The fourth-order valence-corrected chi connectivity index (χ4v) is 5.26. The maximum atomic E-state index is 12.3. The van der Waals surface area contributed by atoms with Crippen molar-refractivity contribution < 1.29 is 22.8 Å². The number of aryl methyl sites for hydroxylation is 1. The van der Waals surface area contributed by atoms with Crippen LogP contribution in [0.15, 0.2) is 39.8 Å². The average molecular weight is 494 g/mol. The van der Waals surface area contributed by atoms with E-state index in [0.29, 0.717) is 17.3 Å². The van der Waals surface area contributed by atoms with Crippen molar-refractivity contribution in [3.8, 4) is 22.2 Å². The lowest BCUT2D eigenvalue weighted by Crippen LogP contribution is -2.33. The van der Waals surface area contributed by atoms with Gasteiger partial charge in [-0.15, -0.1) is 11.3 Å². The molecule has 0 aliphatic heterocycles. The lowest BCUT2D eigenvalue weighted by Gasteiger charge is -2.17. The van der Waals surface area contributed by atoms with E-state index in [0.717, 1.165) is 24.5 Å². The predicted molar refractivity (Wildman–Crippen MR) is 126 cm³/mol. The van der Waals surface area contributed by atoms with Gasteiger partial charge in [0.1, 0.15) is 0 Å². The summed E-state index contributed by atoms with van der Waals surface area (Å²) in [6.45, 7) is 9.10. The van der Waals surface area contributed by atoms with E-state index in [2.05, 4.69) is 45.9 Å². The van der Waals surface area contributed by atoms with Crippen LogP contribution in [-0.4, -0.2) is 60.8 Å². The number of carboxylic acid groups (broad SMARTS) is 1. The Bertz CT molecular complexity index is 1180. The number of thiophene rings is 1. The van der Waals surface area contributed by atoms with Gasteiger partial charge < -0.3 is 14.9 Å². The maximum Gasteiger partial charge on any atom is 0.404 e. The molecule has 0 saturated heterocycles. The molecule has 0 aliphatic rings. The SMILES string of the molecule is CCN(CC)Cc1sc(-c2nc(-c3ccc(S(=O)(=O)NCCNC(=O)O)cc3)no2)cc1C. The third-order valence-electron chi connectivity index (χ3n) is 5.04. The third kappa shape index (κ3) is 6.38. The normalized spacial score (nSPS) is 11.8. The summed E-state index contributed by atoms with van der Waals surface area (Å²) >= 11 is 1.63. The molecule has 178 valence electrons. The molecule has 33 heavy (non-hydrogen) atoms. The van der Waals surface area contributed by atoms with Crippen LogP contribution in [0.25, 0.3) is 22.2 Å². The first-order chi connectivity index (χ1) is 15.7. The number of rotatable bonds is 11. The Morgan fingerprint density at radius 2 is 1.88 bits per heavy atom. The van der Waals surface area contributed by atoms with E-state index in [1.807, 2.05) is 6.07 Å². The molecule has 1 amide bonds. The zero-order valence-corrected chi connectivity index (χ0v) is 20.3. The minimum Gasteiger partial charge on any atom is -0.465 e. The zero-order chi connectivity index (χ0) is 24.0. The molecule has 0 spiro atoms. The van der Waals surface area contributed by atoms with Crippen molar-refractivity contribution >= 4 is 27.5 Å². The molecular weight excluding hydrogens is 466 g/mol. The third-order valence-corrected chi connectivity index (χ3v) is 7.72. The van der Waals surface area contributed by atoms with Gasteiger partial charge in [0, 0.05) is 30.1 Å². The van der Waals surface area contributed by atoms with Gasteiger partial charge in [-0.05, 0) is 55.9 Å². The maximum absolute atomic E-state index is 12.3. The van der Waals surface area contributed by atoms with Crippen LogP contribution >= 0.6 is 11.3 Å². The molecule has 3 rings (SSSR count). The highest BCUT2D eigenvalue weighted by Gasteiger charge is 2.18. The highest BCUT2D eigenvalue weighted by Crippen LogP contribution is 2.32. The number of hydrogen-bond donors (Lipinski definition) is 3.